The summed E-state index contributed by atoms with van der Waals surface area (Å²) in [5.41, 5.74) is 0.610. The zero-order valence-corrected chi connectivity index (χ0v) is 16.0. The van der Waals surface area contributed by atoms with Crippen molar-refractivity contribution in [1.29, 1.82) is 0 Å². The Morgan fingerprint density at radius 3 is 2.52 bits per heavy atom. The molecule has 0 fully saturated rings. The minimum Gasteiger partial charge on any atom is -0.444 e. The van der Waals surface area contributed by atoms with Crippen molar-refractivity contribution in [2.45, 2.75) is 32.9 Å². The Balaban J connectivity index is 2.34. The molecule has 8 nitrogen and oxygen atoms in total. The van der Waals surface area contributed by atoms with Crippen LogP contribution < -0.4 is 20.9 Å². The molecule has 0 unspecified atom stereocenters. The van der Waals surface area contributed by atoms with Gasteiger partial charge in [0.1, 0.15) is 11.4 Å². The summed E-state index contributed by atoms with van der Waals surface area (Å²) in [6.45, 7) is 7.10. The maximum atomic E-state index is 11.6. The molecule has 0 aliphatic carbocycles. The number of rotatable bonds is 6. The first-order chi connectivity index (χ1) is 11.7. The van der Waals surface area contributed by atoms with Gasteiger partial charge in [-0.1, -0.05) is 0 Å². The van der Waals surface area contributed by atoms with Crippen LogP contribution in [0, 0.1) is 0 Å². The van der Waals surface area contributed by atoms with Crippen LogP contribution in [0.2, 0.25) is 0 Å². The van der Waals surface area contributed by atoms with Crippen LogP contribution in [0.5, 0.6) is 0 Å². The Kier molecular flexibility index (Phi) is 7.97. The zero-order valence-electron chi connectivity index (χ0n) is 16.0. The fourth-order valence-corrected chi connectivity index (χ4v) is 1.88. The summed E-state index contributed by atoms with van der Waals surface area (Å²) in [4.78, 5) is 22.0. The highest BCUT2D eigenvalue weighted by atomic mass is 16.6. The summed E-state index contributed by atoms with van der Waals surface area (Å²) in [6.07, 6.45) is 1.36. The van der Waals surface area contributed by atoms with Crippen molar-refractivity contribution >= 4 is 17.9 Å². The lowest BCUT2D eigenvalue weighted by Gasteiger charge is -2.20. The van der Waals surface area contributed by atoms with Gasteiger partial charge in [0.2, 0.25) is 0 Å². The Hall–Kier alpha value is -2.51. The van der Waals surface area contributed by atoms with Crippen molar-refractivity contribution in [3.05, 3.63) is 23.9 Å². The second kappa shape index (κ2) is 9.71. The van der Waals surface area contributed by atoms with Crippen molar-refractivity contribution in [1.82, 2.24) is 20.9 Å². The predicted molar refractivity (Wildman–Crippen MR) is 101 cm³/mol. The summed E-state index contributed by atoms with van der Waals surface area (Å²) in [7, 11) is 5.61. The van der Waals surface area contributed by atoms with Gasteiger partial charge < -0.3 is 25.6 Å². The number of hydrogen-bond acceptors (Lipinski definition) is 5. The highest BCUT2D eigenvalue weighted by Crippen LogP contribution is 2.09. The van der Waals surface area contributed by atoms with Crippen molar-refractivity contribution in [3.63, 3.8) is 0 Å². The number of amides is 1. The molecule has 140 valence electrons. The van der Waals surface area contributed by atoms with Crippen LogP contribution in [-0.4, -0.2) is 56.9 Å². The molecule has 0 aliphatic heterocycles. The molecule has 1 amide bonds. The average Bonchev–Trinajstić information content (AvgIpc) is 2.52. The number of ether oxygens (including phenoxy) is 1. The lowest BCUT2D eigenvalue weighted by molar-refractivity contribution is 0.0529. The first kappa shape index (κ1) is 20.5. The van der Waals surface area contributed by atoms with Crippen LogP contribution >= 0.6 is 0 Å². The summed E-state index contributed by atoms with van der Waals surface area (Å²) in [6, 6.07) is 3.97. The number of guanidine groups is 1. The number of aliphatic imine (C=N–C) groups is 1. The van der Waals surface area contributed by atoms with E-state index in [-0.39, 0.29) is 0 Å². The molecule has 8 heteroatoms. The van der Waals surface area contributed by atoms with Crippen molar-refractivity contribution in [2.75, 3.05) is 39.1 Å². The number of aromatic nitrogens is 1. The monoisotopic (exact) mass is 350 g/mol. The number of pyridine rings is 1. The number of hydrogen-bond donors (Lipinski definition) is 3. The van der Waals surface area contributed by atoms with Crippen LogP contribution in [0.1, 0.15) is 26.3 Å². The zero-order chi connectivity index (χ0) is 18.9. The summed E-state index contributed by atoms with van der Waals surface area (Å²) in [5.74, 6) is 1.57. The number of nitrogens with zero attached hydrogens (tertiary/aromatic N) is 3. The molecule has 1 rings (SSSR count). The van der Waals surface area contributed by atoms with E-state index in [2.05, 4.69) is 25.9 Å². The quantitative estimate of drug-likeness (QED) is 0.407. The van der Waals surface area contributed by atoms with Gasteiger partial charge in [0, 0.05) is 47.0 Å². The van der Waals surface area contributed by atoms with Crippen molar-refractivity contribution in [2.24, 2.45) is 4.99 Å². The highest BCUT2D eigenvalue weighted by molar-refractivity contribution is 5.79. The molecule has 1 aromatic rings. The van der Waals surface area contributed by atoms with E-state index in [1.165, 1.54) is 0 Å². The molecule has 1 heterocycles. The predicted octanol–water partition coefficient (Wildman–Crippen LogP) is 1.34. The molecular formula is C17H30N6O2. The number of alkyl carbamates (subject to hydrolysis) is 1. The van der Waals surface area contributed by atoms with Crippen molar-refractivity contribution in [3.8, 4) is 0 Å². The number of nitrogens with one attached hydrogen (secondary N) is 3. The van der Waals surface area contributed by atoms with Crippen LogP contribution in [0.3, 0.4) is 0 Å². The van der Waals surface area contributed by atoms with Gasteiger partial charge in [-0.2, -0.15) is 0 Å². The molecule has 0 spiro atoms. The van der Waals surface area contributed by atoms with Crippen LogP contribution in [0.4, 0.5) is 10.6 Å². The van der Waals surface area contributed by atoms with Crippen molar-refractivity contribution < 1.29 is 9.53 Å². The van der Waals surface area contributed by atoms with Crippen LogP contribution in [0.25, 0.3) is 0 Å². The molecule has 3 N–H and O–H groups in total. The first-order valence-electron chi connectivity index (χ1n) is 8.25. The fraction of sp³-hybridized carbons (Fsp3) is 0.588. The summed E-state index contributed by atoms with van der Waals surface area (Å²) in [5, 5.41) is 9.06. The third kappa shape index (κ3) is 8.78. The third-order valence-electron chi connectivity index (χ3n) is 3.04. The lowest BCUT2D eigenvalue weighted by atomic mass is 10.2. The Labute approximate surface area is 150 Å². The normalized spacial score (nSPS) is 11.7. The van der Waals surface area contributed by atoms with E-state index < -0.39 is 11.7 Å². The molecule has 0 radical (unpaired) electrons. The van der Waals surface area contributed by atoms with Gasteiger partial charge in [-0.05, 0) is 38.5 Å². The van der Waals surface area contributed by atoms with Gasteiger partial charge in [-0.3, -0.25) is 4.99 Å². The van der Waals surface area contributed by atoms with E-state index in [4.69, 9.17) is 4.74 Å². The highest BCUT2D eigenvalue weighted by Gasteiger charge is 2.15. The largest absolute Gasteiger partial charge is 0.444 e. The minimum atomic E-state index is -0.495. The van der Waals surface area contributed by atoms with Gasteiger partial charge in [0.05, 0.1) is 0 Å². The number of carbonyl (C=O) groups excluding carboxylic acids is 1. The molecule has 0 bridgehead atoms. The number of anilines is 1. The smallest absolute Gasteiger partial charge is 0.407 e. The molecule has 0 atom stereocenters. The molecule has 0 saturated heterocycles. The topological polar surface area (TPSA) is 90.9 Å². The maximum absolute atomic E-state index is 11.6. The molecule has 0 saturated carbocycles. The van der Waals surface area contributed by atoms with E-state index in [0.717, 1.165) is 11.4 Å². The average molecular weight is 350 g/mol. The van der Waals surface area contributed by atoms with Gasteiger partial charge in [-0.25, -0.2) is 9.78 Å². The van der Waals surface area contributed by atoms with Gasteiger partial charge in [0.15, 0.2) is 5.96 Å². The standard InChI is InChI=1S/C17H30N6O2/c1-17(2,3)25-16(24)21-10-9-20-15(18-4)22-12-13-7-8-19-14(11-13)23(5)6/h7-8,11H,9-10,12H2,1-6H3,(H,21,24)(H2,18,20,22). The Morgan fingerprint density at radius 1 is 1.24 bits per heavy atom. The molecular weight excluding hydrogens is 320 g/mol. The fourth-order valence-electron chi connectivity index (χ4n) is 1.88. The summed E-state index contributed by atoms with van der Waals surface area (Å²) < 4.78 is 5.17. The van der Waals surface area contributed by atoms with E-state index >= 15 is 0 Å². The Morgan fingerprint density at radius 2 is 1.92 bits per heavy atom. The van der Waals surface area contributed by atoms with E-state index in [1.54, 1.807) is 13.2 Å². The van der Waals surface area contributed by atoms with Gasteiger partial charge >= 0.3 is 6.09 Å². The SMILES string of the molecule is CN=C(NCCNC(=O)OC(C)(C)C)NCc1ccnc(N(C)C)c1. The van der Waals surface area contributed by atoms with E-state index in [1.807, 2.05) is 51.9 Å². The molecule has 1 aromatic heterocycles. The maximum Gasteiger partial charge on any atom is 0.407 e. The van der Waals surface area contributed by atoms with E-state index in [9.17, 15) is 4.79 Å². The lowest BCUT2D eigenvalue weighted by Crippen LogP contribution is -2.42. The van der Waals surface area contributed by atoms with Crippen LogP contribution in [-0.2, 0) is 11.3 Å². The second-order valence-electron chi connectivity index (χ2n) is 6.70. The third-order valence-corrected chi connectivity index (χ3v) is 3.04. The molecule has 0 aromatic carbocycles. The first-order valence-corrected chi connectivity index (χ1v) is 8.25. The summed E-state index contributed by atoms with van der Waals surface area (Å²) >= 11 is 0. The Bertz CT molecular complexity index is 581. The van der Waals surface area contributed by atoms with Gasteiger partial charge in [-0.15, -0.1) is 0 Å². The minimum absolute atomic E-state index is 0.426. The molecule has 0 aliphatic rings. The second-order valence-corrected chi connectivity index (χ2v) is 6.70. The van der Waals surface area contributed by atoms with E-state index in [0.29, 0.717) is 25.6 Å². The molecule has 25 heavy (non-hydrogen) atoms. The van der Waals surface area contributed by atoms with Crippen LogP contribution in [0.15, 0.2) is 23.3 Å². The number of carbonyl (C=O) groups is 1. The van der Waals surface area contributed by atoms with Gasteiger partial charge in [0.25, 0.3) is 0 Å².